The van der Waals surface area contributed by atoms with E-state index in [0.29, 0.717) is 16.9 Å². The van der Waals surface area contributed by atoms with Gasteiger partial charge in [0.25, 0.3) is 0 Å². The number of aromatic hydroxyl groups is 1. The summed E-state index contributed by atoms with van der Waals surface area (Å²) in [4.78, 5) is 14.2. The summed E-state index contributed by atoms with van der Waals surface area (Å²) in [5.74, 6) is 0.713. The summed E-state index contributed by atoms with van der Waals surface area (Å²) in [6, 6.07) is 24.5. The predicted molar refractivity (Wildman–Crippen MR) is 137 cm³/mol. The maximum atomic E-state index is 13.2. The van der Waals surface area contributed by atoms with Gasteiger partial charge >= 0.3 is 0 Å². The molecule has 34 heavy (non-hydrogen) atoms. The Balaban J connectivity index is 1.44. The number of amides is 1. The summed E-state index contributed by atoms with van der Waals surface area (Å²) in [7, 11) is 0. The van der Waals surface area contributed by atoms with Gasteiger partial charge in [-0.1, -0.05) is 66.7 Å². The van der Waals surface area contributed by atoms with E-state index in [1.807, 2.05) is 82.7 Å². The smallest absolute Gasteiger partial charge is 0.222 e. The van der Waals surface area contributed by atoms with Crippen molar-refractivity contribution in [3.63, 3.8) is 0 Å². The lowest BCUT2D eigenvalue weighted by Gasteiger charge is -2.23. The first-order valence-electron chi connectivity index (χ1n) is 10.9. The van der Waals surface area contributed by atoms with Crippen molar-refractivity contribution < 1.29 is 9.90 Å². The van der Waals surface area contributed by atoms with E-state index in [1.54, 1.807) is 17.4 Å². The molecule has 5 rings (SSSR count). The van der Waals surface area contributed by atoms with Gasteiger partial charge in [0.15, 0.2) is 10.6 Å². The molecule has 5 aromatic rings. The minimum atomic E-state index is -0.506. The van der Waals surface area contributed by atoms with Crippen LogP contribution in [0.15, 0.2) is 84.2 Å². The molecule has 6 nitrogen and oxygen atoms in total. The number of fused-ring (bicyclic) bond motifs is 1. The van der Waals surface area contributed by atoms with Crippen molar-refractivity contribution >= 4 is 40.2 Å². The highest BCUT2D eigenvalue weighted by Crippen LogP contribution is 2.36. The Morgan fingerprint density at radius 2 is 1.85 bits per heavy atom. The first kappa shape index (κ1) is 22.1. The van der Waals surface area contributed by atoms with Crippen LogP contribution in [0.2, 0.25) is 0 Å². The Kier molecular flexibility index (Phi) is 6.24. The summed E-state index contributed by atoms with van der Waals surface area (Å²) < 4.78 is 2.32. The molecule has 0 aliphatic heterocycles. The summed E-state index contributed by atoms with van der Waals surface area (Å²) >= 11 is 6.96. The van der Waals surface area contributed by atoms with E-state index in [2.05, 4.69) is 15.5 Å². The van der Waals surface area contributed by atoms with Crippen LogP contribution in [-0.4, -0.2) is 25.8 Å². The first-order valence-corrected chi connectivity index (χ1v) is 12.1. The average molecular weight is 487 g/mol. The first-order chi connectivity index (χ1) is 16.6. The summed E-state index contributed by atoms with van der Waals surface area (Å²) in [6.07, 6.45) is 0.209. The van der Waals surface area contributed by atoms with Crippen LogP contribution in [-0.2, 0) is 11.3 Å². The van der Waals surface area contributed by atoms with Gasteiger partial charge in [-0.3, -0.25) is 14.5 Å². The zero-order valence-corrected chi connectivity index (χ0v) is 19.8. The average Bonchev–Trinajstić information content (AvgIpc) is 3.52. The second-order valence-corrected chi connectivity index (χ2v) is 9.20. The summed E-state index contributed by atoms with van der Waals surface area (Å²) in [6.45, 7) is 0.386. The minimum Gasteiger partial charge on any atom is -0.508 e. The fourth-order valence-electron chi connectivity index (χ4n) is 4.12. The van der Waals surface area contributed by atoms with E-state index in [0.717, 1.165) is 27.0 Å². The topological polar surface area (TPSA) is 82.9 Å². The fraction of sp³-hybridized carbons (Fsp3) is 0.115. The van der Waals surface area contributed by atoms with Gasteiger partial charge in [0.2, 0.25) is 5.91 Å². The molecule has 0 saturated carbocycles. The van der Waals surface area contributed by atoms with Gasteiger partial charge in [0.1, 0.15) is 5.75 Å². The number of phenolic OH excluding ortho intramolecular Hbond substituents is 1. The molecule has 0 aliphatic rings. The number of aromatic amines is 1. The molecule has 2 heterocycles. The van der Waals surface area contributed by atoms with E-state index in [1.165, 1.54) is 0 Å². The molecule has 0 radical (unpaired) electrons. The molecular weight excluding hydrogens is 464 g/mol. The normalized spacial score (nSPS) is 12.0. The van der Waals surface area contributed by atoms with Crippen molar-refractivity contribution in [1.29, 1.82) is 0 Å². The number of hydrogen-bond donors (Lipinski definition) is 3. The van der Waals surface area contributed by atoms with Crippen LogP contribution in [0.4, 0.5) is 0 Å². The second-order valence-electron chi connectivity index (χ2n) is 7.86. The number of carbonyl (C=O) groups is 1. The van der Waals surface area contributed by atoms with Crippen LogP contribution in [0.3, 0.4) is 0 Å². The Bertz CT molecular complexity index is 1490. The number of phenols is 1. The zero-order chi connectivity index (χ0) is 23.5. The summed E-state index contributed by atoms with van der Waals surface area (Å²) in [5, 5.41) is 25.0. The van der Waals surface area contributed by atoms with Gasteiger partial charge in [-0.2, -0.15) is 5.10 Å². The largest absolute Gasteiger partial charge is 0.508 e. The van der Waals surface area contributed by atoms with E-state index in [4.69, 9.17) is 12.2 Å². The Morgan fingerprint density at radius 3 is 2.65 bits per heavy atom. The van der Waals surface area contributed by atoms with Crippen molar-refractivity contribution in [3.05, 3.63) is 100 Å². The Hall–Kier alpha value is -3.75. The number of H-pyrrole nitrogens is 1. The van der Waals surface area contributed by atoms with E-state index >= 15 is 0 Å². The van der Waals surface area contributed by atoms with Crippen LogP contribution in [0, 0.1) is 4.77 Å². The molecule has 170 valence electrons. The van der Waals surface area contributed by atoms with Gasteiger partial charge < -0.3 is 10.4 Å². The standard InChI is InChI=1S/C26H22N4O2S2/c31-20-13-12-17-7-4-5-10-19(17)23(20)24(18-8-2-1-3-9-18)27-22(32)14-15-30-25(28-29-26(30)33)21-11-6-16-34-21/h1-13,16,24,31H,14-15H2,(H,27,32)(H,29,33). The predicted octanol–water partition coefficient (Wildman–Crippen LogP) is 5.82. The molecule has 3 aromatic carbocycles. The molecule has 0 saturated heterocycles. The van der Waals surface area contributed by atoms with Crippen molar-refractivity contribution in [1.82, 2.24) is 20.1 Å². The van der Waals surface area contributed by atoms with Crippen molar-refractivity contribution in [2.75, 3.05) is 0 Å². The number of rotatable bonds is 7. The van der Waals surface area contributed by atoms with E-state index in [-0.39, 0.29) is 18.1 Å². The van der Waals surface area contributed by atoms with Gasteiger partial charge in [-0.25, -0.2) is 0 Å². The SMILES string of the molecule is O=C(CCn1c(-c2cccs2)n[nH]c1=S)NC(c1ccccc1)c1c(O)ccc2ccccc12. The van der Waals surface area contributed by atoms with Crippen molar-refractivity contribution in [2.45, 2.75) is 19.0 Å². The molecule has 2 aromatic heterocycles. The van der Waals surface area contributed by atoms with Crippen LogP contribution in [0.1, 0.15) is 23.6 Å². The third-order valence-electron chi connectivity index (χ3n) is 5.74. The third-order valence-corrected chi connectivity index (χ3v) is 6.91. The van der Waals surface area contributed by atoms with Crippen LogP contribution in [0.25, 0.3) is 21.5 Å². The van der Waals surface area contributed by atoms with Gasteiger partial charge in [0.05, 0.1) is 10.9 Å². The van der Waals surface area contributed by atoms with Crippen LogP contribution >= 0.6 is 23.6 Å². The van der Waals surface area contributed by atoms with Gasteiger partial charge in [-0.05, 0) is 46.1 Å². The number of thiophene rings is 1. The molecule has 1 amide bonds. The molecular formula is C26H22N4O2S2. The van der Waals surface area contributed by atoms with Crippen molar-refractivity contribution in [3.8, 4) is 16.5 Å². The highest BCUT2D eigenvalue weighted by molar-refractivity contribution is 7.71. The minimum absolute atomic E-state index is 0.143. The maximum Gasteiger partial charge on any atom is 0.222 e. The van der Waals surface area contributed by atoms with Crippen LogP contribution in [0.5, 0.6) is 5.75 Å². The lowest BCUT2D eigenvalue weighted by molar-refractivity contribution is -0.121. The molecule has 0 fully saturated rings. The molecule has 1 atom stereocenters. The van der Waals surface area contributed by atoms with Crippen LogP contribution < -0.4 is 5.32 Å². The van der Waals surface area contributed by atoms with Gasteiger partial charge in [-0.15, -0.1) is 11.3 Å². The molecule has 8 heteroatoms. The molecule has 0 aliphatic carbocycles. The Morgan fingerprint density at radius 1 is 1.06 bits per heavy atom. The number of nitrogens with one attached hydrogen (secondary N) is 2. The van der Waals surface area contributed by atoms with E-state index in [9.17, 15) is 9.90 Å². The maximum absolute atomic E-state index is 13.2. The fourth-order valence-corrected chi connectivity index (χ4v) is 5.07. The molecule has 3 N–H and O–H groups in total. The van der Waals surface area contributed by atoms with E-state index < -0.39 is 6.04 Å². The molecule has 0 bridgehead atoms. The quantitative estimate of drug-likeness (QED) is 0.253. The molecule has 0 spiro atoms. The number of carbonyl (C=O) groups excluding carboxylic acids is 1. The monoisotopic (exact) mass is 486 g/mol. The zero-order valence-electron chi connectivity index (χ0n) is 18.1. The van der Waals surface area contributed by atoms with Gasteiger partial charge in [0, 0.05) is 18.5 Å². The number of benzene rings is 3. The third kappa shape index (κ3) is 4.37. The Labute approximate surface area is 205 Å². The lowest BCUT2D eigenvalue weighted by Crippen LogP contribution is -2.30. The number of aromatic nitrogens is 3. The summed E-state index contributed by atoms with van der Waals surface area (Å²) in [5.41, 5.74) is 1.57. The number of hydrogen-bond acceptors (Lipinski definition) is 5. The lowest BCUT2D eigenvalue weighted by atomic mass is 9.92. The number of nitrogens with zero attached hydrogens (tertiary/aromatic N) is 2. The second kappa shape index (κ2) is 9.62. The highest BCUT2D eigenvalue weighted by Gasteiger charge is 2.22. The highest BCUT2D eigenvalue weighted by atomic mass is 32.1. The molecule has 1 unspecified atom stereocenters. The van der Waals surface area contributed by atoms with Crippen molar-refractivity contribution in [2.24, 2.45) is 0 Å².